The first kappa shape index (κ1) is 13.9. The molecule has 3 atom stereocenters. The van der Waals surface area contributed by atoms with E-state index in [2.05, 4.69) is 28.9 Å². The second-order valence-electron chi connectivity index (χ2n) is 6.40. The van der Waals surface area contributed by atoms with E-state index in [0.29, 0.717) is 0 Å². The lowest BCUT2D eigenvalue weighted by Gasteiger charge is -2.45. The van der Waals surface area contributed by atoms with E-state index in [1.807, 2.05) is 6.20 Å². The van der Waals surface area contributed by atoms with E-state index in [4.69, 9.17) is 5.73 Å². The molecule has 1 aromatic rings. The quantitative estimate of drug-likeness (QED) is 0.914. The number of hydrogen-bond donors (Lipinski definition) is 1. The molecule has 0 radical (unpaired) electrons. The predicted molar refractivity (Wildman–Crippen MR) is 83.8 cm³/mol. The summed E-state index contributed by atoms with van der Waals surface area (Å²) in [4.78, 5) is 7.21. The maximum atomic E-state index is 6.05. The van der Waals surface area contributed by atoms with Gasteiger partial charge in [0, 0.05) is 18.6 Å². The van der Waals surface area contributed by atoms with Crippen molar-refractivity contribution in [1.82, 2.24) is 4.98 Å². The van der Waals surface area contributed by atoms with Gasteiger partial charge in [-0.2, -0.15) is 0 Å². The minimum atomic E-state index is 0.0767. The summed E-state index contributed by atoms with van der Waals surface area (Å²) in [6, 6.07) is 5.18. The zero-order valence-corrected chi connectivity index (χ0v) is 12.6. The summed E-state index contributed by atoms with van der Waals surface area (Å²) in [5.74, 6) is 0.912. The number of fused-ring (bicyclic) bond motifs is 1. The SMILES string of the molecule is CC[C@@H](N)c1ccc(N2CCCC3CCCCC32)cn1. The molecular formula is C17H27N3. The van der Waals surface area contributed by atoms with E-state index < -0.39 is 0 Å². The number of rotatable bonds is 3. The summed E-state index contributed by atoms with van der Waals surface area (Å²) in [5, 5.41) is 0. The number of aromatic nitrogens is 1. The molecule has 1 aromatic heterocycles. The Morgan fingerprint density at radius 3 is 2.80 bits per heavy atom. The van der Waals surface area contributed by atoms with Crippen LogP contribution in [0.2, 0.25) is 0 Å². The van der Waals surface area contributed by atoms with Crippen LogP contribution in [-0.2, 0) is 0 Å². The van der Waals surface area contributed by atoms with Gasteiger partial charge in [0.05, 0.1) is 17.6 Å². The van der Waals surface area contributed by atoms with Gasteiger partial charge in [-0.15, -0.1) is 0 Å². The fraction of sp³-hybridized carbons (Fsp3) is 0.706. The smallest absolute Gasteiger partial charge is 0.0572 e. The molecule has 2 unspecified atom stereocenters. The van der Waals surface area contributed by atoms with Crippen molar-refractivity contribution in [3.63, 3.8) is 0 Å². The highest BCUT2D eigenvalue weighted by molar-refractivity contribution is 5.46. The summed E-state index contributed by atoms with van der Waals surface area (Å²) < 4.78 is 0. The van der Waals surface area contributed by atoms with Gasteiger partial charge in [0.2, 0.25) is 0 Å². The Balaban J connectivity index is 1.77. The van der Waals surface area contributed by atoms with Crippen molar-refractivity contribution in [3.05, 3.63) is 24.0 Å². The minimum absolute atomic E-state index is 0.0767. The van der Waals surface area contributed by atoms with Crippen LogP contribution in [0, 0.1) is 5.92 Å². The van der Waals surface area contributed by atoms with Crippen molar-refractivity contribution < 1.29 is 0 Å². The van der Waals surface area contributed by atoms with Crippen LogP contribution in [0.5, 0.6) is 0 Å². The van der Waals surface area contributed by atoms with Gasteiger partial charge < -0.3 is 10.6 Å². The lowest BCUT2D eigenvalue weighted by atomic mass is 9.78. The third-order valence-corrected chi connectivity index (χ3v) is 5.17. The Bertz CT molecular complexity index is 426. The van der Waals surface area contributed by atoms with Gasteiger partial charge in [-0.25, -0.2) is 0 Å². The molecule has 1 aliphatic heterocycles. The Morgan fingerprint density at radius 1 is 1.25 bits per heavy atom. The van der Waals surface area contributed by atoms with Crippen molar-refractivity contribution in [1.29, 1.82) is 0 Å². The van der Waals surface area contributed by atoms with Crippen LogP contribution in [0.4, 0.5) is 5.69 Å². The van der Waals surface area contributed by atoms with Crippen LogP contribution in [0.3, 0.4) is 0 Å². The first-order valence-electron chi connectivity index (χ1n) is 8.27. The molecule has 2 aliphatic rings. The van der Waals surface area contributed by atoms with Crippen LogP contribution in [0.1, 0.15) is 63.6 Å². The molecule has 3 nitrogen and oxygen atoms in total. The molecule has 2 N–H and O–H groups in total. The Labute approximate surface area is 122 Å². The molecule has 2 heterocycles. The van der Waals surface area contributed by atoms with Gasteiger partial charge in [-0.05, 0) is 50.2 Å². The number of anilines is 1. The normalized spacial score (nSPS) is 28.0. The van der Waals surface area contributed by atoms with E-state index in [-0.39, 0.29) is 6.04 Å². The van der Waals surface area contributed by atoms with Crippen LogP contribution in [-0.4, -0.2) is 17.6 Å². The highest BCUT2D eigenvalue weighted by atomic mass is 15.2. The summed E-state index contributed by atoms with van der Waals surface area (Å²) >= 11 is 0. The molecule has 1 saturated carbocycles. The summed E-state index contributed by atoms with van der Waals surface area (Å²) in [7, 11) is 0. The topological polar surface area (TPSA) is 42.1 Å². The molecule has 0 spiro atoms. The van der Waals surface area contributed by atoms with Crippen LogP contribution >= 0.6 is 0 Å². The molecule has 0 amide bonds. The zero-order valence-electron chi connectivity index (χ0n) is 12.6. The molecule has 3 rings (SSSR count). The van der Waals surface area contributed by atoms with Crippen molar-refractivity contribution in [3.8, 4) is 0 Å². The van der Waals surface area contributed by atoms with Crippen LogP contribution in [0.15, 0.2) is 18.3 Å². The number of nitrogens with zero attached hydrogens (tertiary/aromatic N) is 2. The van der Waals surface area contributed by atoms with E-state index in [1.165, 1.54) is 50.8 Å². The molecule has 1 saturated heterocycles. The van der Waals surface area contributed by atoms with Gasteiger partial charge in [0.1, 0.15) is 0 Å². The molecule has 0 aromatic carbocycles. The molecule has 1 aliphatic carbocycles. The first-order chi connectivity index (χ1) is 9.79. The Morgan fingerprint density at radius 2 is 2.05 bits per heavy atom. The number of pyridine rings is 1. The van der Waals surface area contributed by atoms with Gasteiger partial charge in [-0.1, -0.05) is 19.8 Å². The van der Waals surface area contributed by atoms with Crippen molar-refractivity contribution >= 4 is 5.69 Å². The molecule has 3 heteroatoms. The number of hydrogen-bond acceptors (Lipinski definition) is 3. The van der Waals surface area contributed by atoms with E-state index in [9.17, 15) is 0 Å². The maximum Gasteiger partial charge on any atom is 0.0572 e. The standard InChI is InChI=1S/C17H27N3/c1-2-15(18)16-10-9-14(12-19-16)20-11-5-7-13-6-3-4-8-17(13)20/h9-10,12-13,15,17H,2-8,11,18H2,1H3/t13?,15-,17?/m1/s1. The average Bonchev–Trinajstić information content (AvgIpc) is 2.54. The van der Waals surface area contributed by atoms with Crippen molar-refractivity contribution in [2.45, 2.75) is 64.0 Å². The molecule has 0 bridgehead atoms. The summed E-state index contributed by atoms with van der Waals surface area (Å²) in [6.07, 6.45) is 11.4. The Hall–Kier alpha value is -1.09. The largest absolute Gasteiger partial charge is 0.367 e. The second kappa shape index (κ2) is 6.13. The monoisotopic (exact) mass is 273 g/mol. The van der Waals surface area contributed by atoms with Crippen LogP contribution < -0.4 is 10.6 Å². The minimum Gasteiger partial charge on any atom is -0.367 e. The van der Waals surface area contributed by atoms with E-state index in [0.717, 1.165) is 24.1 Å². The zero-order chi connectivity index (χ0) is 13.9. The maximum absolute atomic E-state index is 6.05. The average molecular weight is 273 g/mol. The van der Waals surface area contributed by atoms with E-state index in [1.54, 1.807) is 0 Å². The Kier molecular flexibility index (Phi) is 4.25. The van der Waals surface area contributed by atoms with Gasteiger partial charge in [0.15, 0.2) is 0 Å². The number of nitrogens with two attached hydrogens (primary N) is 1. The third-order valence-electron chi connectivity index (χ3n) is 5.17. The van der Waals surface area contributed by atoms with Gasteiger partial charge >= 0.3 is 0 Å². The highest BCUT2D eigenvalue weighted by Gasteiger charge is 2.33. The third kappa shape index (κ3) is 2.69. The lowest BCUT2D eigenvalue weighted by Crippen LogP contribution is -2.46. The second-order valence-corrected chi connectivity index (χ2v) is 6.40. The highest BCUT2D eigenvalue weighted by Crippen LogP contribution is 2.37. The van der Waals surface area contributed by atoms with Crippen molar-refractivity contribution in [2.24, 2.45) is 11.7 Å². The number of piperidine rings is 1. The van der Waals surface area contributed by atoms with Crippen LogP contribution in [0.25, 0.3) is 0 Å². The van der Waals surface area contributed by atoms with E-state index >= 15 is 0 Å². The molecular weight excluding hydrogens is 246 g/mol. The van der Waals surface area contributed by atoms with Gasteiger partial charge in [-0.3, -0.25) is 4.98 Å². The molecule has 110 valence electrons. The fourth-order valence-electron chi connectivity index (χ4n) is 3.94. The first-order valence-corrected chi connectivity index (χ1v) is 8.27. The van der Waals surface area contributed by atoms with Gasteiger partial charge in [0.25, 0.3) is 0 Å². The lowest BCUT2D eigenvalue weighted by molar-refractivity contribution is 0.243. The summed E-state index contributed by atoms with van der Waals surface area (Å²) in [6.45, 7) is 3.31. The van der Waals surface area contributed by atoms with Crippen molar-refractivity contribution in [2.75, 3.05) is 11.4 Å². The predicted octanol–water partition coefficient (Wildman–Crippen LogP) is 3.65. The fourth-order valence-corrected chi connectivity index (χ4v) is 3.94. The molecule has 2 fully saturated rings. The molecule has 20 heavy (non-hydrogen) atoms. The summed E-state index contributed by atoms with van der Waals surface area (Å²) in [5.41, 5.74) is 8.37.